The third-order valence-electron chi connectivity index (χ3n) is 1.20. The van der Waals surface area contributed by atoms with Gasteiger partial charge in [-0.1, -0.05) is 0 Å². The fourth-order valence-electron chi connectivity index (χ4n) is 0.651. The minimum absolute atomic E-state index is 0.111. The molecular formula is C7H3BrFIO. The van der Waals surface area contributed by atoms with Gasteiger partial charge in [-0.05, 0) is 50.7 Å². The van der Waals surface area contributed by atoms with Gasteiger partial charge in [0.1, 0.15) is 5.82 Å². The fourth-order valence-corrected chi connectivity index (χ4v) is 1.54. The molecule has 4 heteroatoms. The Morgan fingerprint density at radius 3 is 2.64 bits per heavy atom. The van der Waals surface area contributed by atoms with Gasteiger partial charge in [-0.2, -0.15) is 0 Å². The van der Waals surface area contributed by atoms with E-state index in [1.807, 2.05) is 22.6 Å². The maximum absolute atomic E-state index is 13.0. The molecule has 0 aliphatic heterocycles. The number of carbonyl (C=O) groups excluding carboxylic acids is 1. The summed E-state index contributed by atoms with van der Waals surface area (Å²) in [6, 6.07) is 3.25. The van der Waals surface area contributed by atoms with Crippen LogP contribution in [0.15, 0.2) is 16.6 Å². The van der Waals surface area contributed by atoms with Gasteiger partial charge in [0, 0.05) is 3.57 Å². The summed E-state index contributed by atoms with van der Waals surface area (Å²) in [5, 5.41) is 0. The second-order valence-electron chi connectivity index (χ2n) is 1.87. The largest absolute Gasteiger partial charge is 0.298 e. The van der Waals surface area contributed by atoms with Gasteiger partial charge in [0.05, 0.1) is 10.0 Å². The van der Waals surface area contributed by atoms with Crippen LogP contribution in [0.1, 0.15) is 10.4 Å². The molecule has 11 heavy (non-hydrogen) atoms. The highest BCUT2D eigenvalue weighted by Gasteiger charge is 2.08. The van der Waals surface area contributed by atoms with Crippen molar-refractivity contribution < 1.29 is 9.18 Å². The van der Waals surface area contributed by atoms with E-state index in [0.717, 1.165) is 0 Å². The molecule has 0 aromatic heterocycles. The summed E-state index contributed by atoms with van der Waals surface area (Å²) in [4.78, 5) is 10.3. The summed E-state index contributed by atoms with van der Waals surface area (Å²) >= 11 is 4.89. The molecule has 0 N–H and O–H groups in total. The van der Waals surface area contributed by atoms with Gasteiger partial charge < -0.3 is 0 Å². The van der Waals surface area contributed by atoms with Crippen LogP contribution in [0.3, 0.4) is 0 Å². The van der Waals surface area contributed by atoms with Crippen LogP contribution in [0.5, 0.6) is 0 Å². The quantitative estimate of drug-likeness (QED) is 0.440. The van der Waals surface area contributed by atoms with E-state index in [-0.39, 0.29) is 5.56 Å². The first-order valence-electron chi connectivity index (χ1n) is 2.75. The van der Waals surface area contributed by atoms with Crippen molar-refractivity contribution in [1.82, 2.24) is 0 Å². The molecule has 1 aromatic carbocycles. The van der Waals surface area contributed by atoms with E-state index >= 15 is 0 Å². The number of rotatable bonds is 1. The van der Waals surface area contributed by atoms with Crippen molar-refractivity contribution in [3.63, 3.8) is 0 Å². The van der Waals surface area contributed by atoms with Crippen LogP contribution in [0.25, 0.3) is 0 Å². The van der Waals surface area contributed by atoms with E-state index < -0.39 is 5.82 Å². The molecule has 1 rings (SSSR count). The number of hydrogen-bond acceptors (Lipinski definition) is 1. The Balaban J connectivity index is 3.40. The van der Waals surface area contributed by atoms with Crippen LogP contribution in [0, 0.1) is 9.39 Å². The monoisotopic (exact) mass is 328 g/mol. The Morgan fingerprint density at radius 1 is 1.55 bits per heavy atom. The first-order valence-corrected chi connectivity index (χ1v) is 4.62. The van der Waals surface area contributed by atoms with Gasteiger partial charge in [0.25, 0.3) is 0 Å². The van der Waals surface area contributed by atoms with E-state index in [2.05, 4.69) is 15.9 Å². The summed E-state index contributed by atoms with van der Waals surface area (Å²) in [5.74, 6) is -0.494. The maximum Gasteiger partial charge on any atom is 0.154 e. The average Bonchev–Trinajstić information content (AvgIpc) is 1.99. The molecular weight excluding hydrogens is 326 g/mol. The molecule has 0 amide bonds. The lowest BCUT2D eigenvalue weighted by Crippen LogP contribution is -1.92. The van der Waals surface area contributed by atoms with Crippen LogP contribution in [-0.2, 0) is 0 Å². The second kappa shape index (κ2) is 3.62. The lowest BCUT2D eigenvalue weighted by atomic mass is 10.2. The minimum Gasteiger partial charge on any atom is -0.298 e. The molecule has 0 radical (unpaired) electrons. The number of carbonyl (C=O) groups is 1. The Bertz CT molecular complexity index is 301. The number of halogens is 3. The Morgan fingerprint density at radius 2 is 2.18 bits per heavy atom. The van der Waals surface area contributed by atoms with Crippen LogP contribution in [-0.4, -0.2) is 6.29 Å². The molecule has 0 bridgehead atoms. The third-order valence-corrected chi connectivity index (χ3v) is 2.75. The van der Waals surface area contributed by atoms with Crippen molar-refractivity contribution >= 4 is 44.8 Å². The van der Waals surface area contributed by atoms with Crippen LogP contribution in [0.4, 0.5) is 4.39 Å². The lowest BCUT2D eigenvalue weighted by molar-refractivity contribution is 0.111. The van der Waals surface area contributed by atoms with Crippen LogP contribution < -0.4 is 0 Å². The van der Waals surface area contributed by atoms with Crippen molar-refractivity contribution in [2.75, 3.05) is 0 Å². The summed E-state index contributed by atoms with van der Waals surface area (Å²) in [7, 11) is 0. The van der Waals surface area contributed by atoms with Gasteiger partial charge >= 0.3 is 0 Å². The minimum atomic E-state index is -0.494. The van der Waals surface area contributed by atoms with Crippen molar-refractivity contribution in [2.45, 2.75) is 0 Å². The van der Waals surface area contributed by atoms with E-state index in [4.69, 9.17) is 0 Å². The predicted octanol–water partition coefficient (Wildman–Crippen LogP) is 3.01. The number of benzene rings is 1. The molecule has 0 atom stereocenters. The zero-order valence-electron chi connectivity index (χ0n) is 5.27. The second-order valence-corrected chi connectivity index (χ2v) is 3.89. The third kappa shape index (κ3) is 1.79. The SMILES string of the molecule is O=Cc1c(I)ccc(Br)c1F. The molecule has 0 spiro atoms. The molecule has 58 valence electrons. The van der Waals surface area contributed by atoms with Gasteiger partial charge in [-0.3, -0.25) is 4.79 Å². The van der Waals surface area contributed by atoms with E-state index in [1.54, 1.807) is 12.1 Å². The highest BCUT2D eigenvalue weighted by molar-refractivity contribution is 14.1. The summed E-state index contributed by atoms with van der Waals surface area (Å²) in [5.41, 5.74) is 0.111. The molecule has 0 aliphatic rings. The topological polar surface area (TPSA) is 17.1 Å². The summed E-state index contributed by atoms with van der Waals surface area (Å²) < 4.78 is 13.9. The molecule has 0 unspecified atom stereocenters. The number of hydrogen-bond donors (Lipinski definition) is 0. The standard InChI is InChI=1S/C7H3BrFIO/c8-5-1-2-6(10)4(3-11)7(5)9/h1-3H. The van der Waals surface area contributed by atoms with Gasteiger partial charge in [-0.25, -0.2) is 4.39 Å². The maximum atomic E-state index is 13.0. The van der Waals surface area contributed by atoms with Crippen LogP contribution in [0.2, 0.25) is 0 Å². The van der Waals surface area contributed by atoms with Gasteiger partial charge in [0.2, 0.25) is 0 Å². The Hall–Kier alpha value is 0.0300. The van der Waals surface area contributed by atoms with Crippen LogP contribution >= 0.6 is 38.5 Å². The lowest BCUT2D eigenvalue weighted by Gasteiger charge is -1.99. The number of aldehydes is 1. The predicted molar refractivity (Wildman–Crippen MR) is 52.2 cm³/mol. The first kappa shape index (κ1) is 9.12. The molecule has 0 aliphatic carbocycles. The van der Waals surface area contributed by atoms with E-state index in [0.29, 0.717) is 14.3 Å². The zero-order valence-corrected chi connectivity index (χ0v) is 9.02. The summed E-state index contributed by atoms with van der Waals surface area (Å²) in [6.45, 7) is 0. The highest BCUT2D eigenvalue weighted by Crippen LogP contribution is 2.21. The molecule has 1 aromatic rings. The van der Waals surface area contributed by atoms with E-state index in [9.17, 15) is 9.18 Å². The molecule has 0 saturated heterocycles. The van der Waals surface area contributed by atoms with Gasteiger partial charge in [-0.15, -0.1) is 0 Å². The highest BCUT2D eigenvalue weighted by atomic mass is 127. The summed E-state index contributed by atoms with van der Waals surface area (Å²) in [6.07, 6.45) is 0.516. The smallest absolute Gasteiger partial charge is 0.154 e. The van der Waals surface area contributed by atoms with Crippen molar-refractivity contribution in [3.05, 3.63) is 31.6 Å². The molecule has 0 saturated carbocycles. The molecule has 0 heterocycles. The zero-order chi connectivity index (χ0) is 8.43. The van der Waals surface area contributed by atoms with Crippen molar-refractivity contribution in [3.8, 4) is 0 Å². The Kier molecular flexibility index (Phi) is 3.00. The average molecular weight is 329 g/mol. The van der Waals surface area contributed by atoms with E-state index in [1.165, 1.54) is 0 Å². The van der Waals surface area contributed by atoms with Gasteiger partial charge in [0.15, 0.2) is 6.29 Å². The molecule has 1 nitrogen and oxygen atoms in total. The molecule has 0 fully saturated rings. The fraction of sp³-hybridized carbons (Fsp3) is 0. The van der Waals surface area contributed by atoms with Crippen molar-refractivity contribution in [1.29, 1.82) is 0 Å². The normalized spacial score (nSPS) is 9.73. The first-order chi connectivity index (χ1) is 5.16. The Labute approximate surface area is 85.3 Å². The van der Waals surface area contributed by atoms with Crippen molar-refractivity contribution in [2.24, 2.45) is 0 Å².